The highest BCUT2D eigenvalue weighted by atomic mass is 16.4. The van der Waals surface area contributed by atoms with Gasteiger partial charge >= 0.3 is 5.97 Å². The third kappa shape index (κ3) is 8.85. The molecule has 0 fully saturated rings. The summed E-state index contributed by atoms with van der Waals surface area (Å²) >= 11 is 0. The molecule has 3 aromatic carbocycles. The fourth-order valence-corrected chi connectivity index (χ4v) is 4.69. The maximum Gasteiger partial charge on any atom is 0.326 e. The molecule has 0 unspecified atom stereocenters. The molecule has 5 rings (SSSR count). The van der Waals surface area contributed by atoms with Crippen LogP contribution in [0.25, 0.3) is 11.2 Å². The molecule has 0 aliphatic heterocycles. The highest BCUT2D eigenvalue weighted by molar-refractivity contribution is 5.97. The lowest BCUT2D eigenvalue weighted by Gasteiger charge is -2.15. The largest absolute Gasteiger partial charge is 0.480 e. The molecule has 0 spiro atoms. The van der Waals surface area contributed by atoms with Gasteiger partial charge in [-0.05, 0) is 66.6 Å². The van der Waals surface area contributed by atoms with Crippen molar-refractivity contribution >= 4 is 63.6 Å². The number of carboxylic acid groups (broad SMARTS) is 1. The number of nitrogens with zero attached hydrogens (tertiary/aromatic N) is 3. The van der Waals surface area contributed by atoms with Crippen LogP contribution in [0, 0.1) is 0 Å². The van der Waals surface area contributed by atoms with Gasteiger partial charge in [0.05, 0.1) is 29.8 Å². The molecule has 0 aliphatic carbocycles. The fraction of sp³-hybridized carbons (Fsp3) is 0.152. The molecule has 5 aromatic rings. The molecule has 0 radical (unpaired) electrons. The van der Waals surface area contributed by atoms with E-state index in [0.29, 0.717) is 34.0 Å². The number of aliphatic carboxylic acids is 1. The zero-order chi connectivity index (χ0) is 35.8. The molecular weight excluding hydrogens is 646 g/mol. The van der Waals surface area contributed by atoms with Gasteiger partial charge < -0.3 is 43.6 Å². The number of nitrogens with one attached hydrogen (secondary N) is 5. The number of anilines is 5. The van der Waals surface area contributed by atoms with Gasteiger partial charge in [0.25, 0.3) is 17.4 Å². The molecule has 50 heavy (non-hydrogen) atoms. The molecule has 256 valence electrons. The molecule has 2 aromatic heterocycles. The summed E-state index contributed by atoms with van der Waals surface area (Å²) in [4.78, 5) is 76.4. The number of hydrogen-bond acceptors (Lipinski definition) is 12. The summed E-state index contributed by atoms with van der Waals surface area (Å²) in [6, 6.07) is 16.3. The van der Waals surface area contributed by atoms with Crippen LogP contribution in [-0.2, 0) is 22.7 Å². The van der Waals surface area contributed by atoms with E-state index in [1.54, 1.807) is 48.5 Å². The summed E-state index contributed by atoms with van der Waals surface area (Å²) in [5.74, 6) is -2.74. The molecule has 17 heteroatoms. The van der Waals surface area contributed by atoms with Gasteiger partial charge in [0.2, 0.25) is 11.9 Å². The van der Waals surface area contributed by atoms with E-state index < -0.39 is 29.4 Å². The Morgan fingerprint density at radius 2 is 1.52 bits per heavy atom. The Morgan fingerprint density at radius 3 is 2.22 bits per heavy atom. The normalized spacial score (nSPS) is 11.4. The van der Waals surface area contributed by atoms with E-state index in [9.17, 15) is 29.1 Å². The zero-order valence-corrected chi connectivity index (χ0v) is 26.4. The van der Waals surface area contributed by atoms with Crippen molar-refractivity contribution in [1.82, 2.24) is 30.6 Å². The molecule has 0 saturated carbocycles. The molecule has 17 nitrogen and oxygen atoms in total. The summed E-state index contributed by atoms with van der Waals surface area (Å²) < 4.78 is 0. The van der Waals surface area contributed by atoms with E-state index in [-0.39, 0.29) is 54.5 Å². The van der Waals surface area contributed by atoms with Gasteiger partial charge in [-0.1, -0.05) is 12.1 Å². The van der Waals surface area contributed by atoms with Crippen LogP contribution in [0.3, 0.4) is 0 Å². The molecule has 3 amide bonds. The van der Waals surface area contributed by atoms with Crippen LogP contribution in [-0.4, -0.2) is 54.8 Å². The van der Waals surface area contributed by atoms with E-state index >= 15 is 0 Å². The van der Waals surface area contributed by atoms with Crippen LogP contribution < -0.4 is 44.0 Å². The lowest BCUT2D eigenvalue weighted by Crippen LogP contribution is -2.41. The van der Waals surface area contributed by atoms with Gasteiger partial charge in [0.15, 0.2) is 11.2 Å². The van der Waals surface area contributed by atoms with Crippen molar-refractivity contribution in [2.75, 3.05) is 27.8 Å². The van der Waals surface area contributed by atoms with Crippen molar-refractivity contribution in [2.45, 2.75) is 32.0 Å². The van der Waals surface area contributed by atoms with Crippen molar-refractivity contribution in [1.29, 1.82) is 0 Å². The van der Waals surface area contributed by atoms with Crippen molar-refractivity contribution in [3.05, 3.63) is 106 Å². The minimum atomic E-state index is -1.31. The number of aromatic nitrogens is 4. The zero-order valence-electron chi connectivity index (χ0n) is 26.4. The highest BCUT2D eigenvalue weighted by Gasteiger charge is 2.22. The number of amides is 3. The average molecular weight is 680 g/mol. The third-order valence-corrected chi connectivity index (χ3v) is 7.41. The molecule has 12 N–H and O–H groups in total. The predicted molar refractivity (Wildman–Crippen MR) is 186 cm³/mol. The second kappa shape index (κ2) is 15.2. The second-order valence-electron chi connectivity index (χ2n) is 11.1. The van der Waals surface area contributed by atoms with E-state index in [1.165, 1.54) is 24.4 Å². The molecule has 0 bridgehead atoms. The van der Waals surface area contributed by atoms with Gasteiger partial charge in [-0.15, -0.1) is 0 Å². The number of hydrogen-bond donors (Lipinski definition) is 9. The quantitative estimate of drug-likeness (QED) is 0.0800. The standard InChI is InChI=1S/C33H33N11O6/c34-23-10-5-19(13-24(23)35)29(46)39-14-17-1-6-21(7-2-17)40-26(45)12-11-25(32(49)50)42-30(47)18-3-8-20(9-4-18)37-15-22-16-38-28-27(41-22)31(48)44-33(36)43-28/h1-10,13,16,25,37H,11-12,14-15,34-35H2,(H,39,46)(H,40,45)(H,42,47)(H,49,50)(H3,36,38,43,44,48)/t25-/m0/s1. The maximum absolute atomic E-state index is 12.8. The number of H-pyrrole nitrogens is 1. The Bertz CT molecular complexity index is 2120. The number of carboxylic acids is 1. The van der Waals surface area contributed by atoms with E-state index in [2.05, 4.69) is 41.2 Å². The van der Waals surface area contributed by atoms with Gasteiger partial charge in [-0.2, -0.15) is 4.98 Å². The minimum absolute atomic E-state index is 0.0483. The van der Waals surface area contributed by atoms with Gasteiger partial charge in [0, 0.05) is 35.5 Å². The van der Waals surface area contributed by atoms with Crippen molar-refractivity contribution in [2.24, 2.45) is 0 Å². The first-order chi connectivity index (χ1) is 23.9. The SMILES string of the molecule is Nc1nc2ncc(CNc3ccc(C(=O)N[C@@H](CCC(=O)Nc4ccc(CNC(=O)c5ccc(N)c(N)c5)cc4)C(=O)O)cc3)nc2c(=O)[nH]1. The number of benzene rings is 3. The lowest BCUT2D eigenvalue weighted by atomic mass is 10.1. The first kappa shape index (κ1) is 34.3. The smallest absolute Gasteiger partial charge is 0.326 e. The number of carbonyl (C=O) groups is 4. The van der Waals surface area contributed by atoms with Crippen LogP contribution >= 0.6 is 0 Å². The Kier molecular flexibility index (Phi) is 10.5. The van der Waals surface area contributed by atoms with Crippen LogP contribution in [0.5, 0.6) is 0 Å². The topological polar surface area (TPSA) is 286 Å². The number of nitrogen functional groups attached to an aromatic ring is 3. The summed E-state index contributed by atoms with van der Waals surface area (Å²) in [7, 11) is 0. The summed E-state index contributed by atoms with van der Waals surface area (Å²) in [5.41, 5.74) is 20.3. The van der Waals surface area contributed by atoms with E-state index in [0.717, 1.165) is 5.56 Å². The lowest BCUT2D eigenvalue weighted by molar-refractivity contribution is -0.139. The molecule has 2 heterocycles. The van der Waals surface area contributed by atoms with Crippen LogP contribution in [0.4, 0.5) is 28.7 Å². The average Bonchev–Trinajstić information content (AvgIpc) is 3.10. The minimum Gasteiger partial charge on any atom is -0.480 e. The molecule has 0 aliphatic rings. The number of fused-ring (bicyclic) bond motifs is 1. The Hall–Kier alpha value is -7.04. The summed E-state index contributed by atoms with van der Waals surface area (Å²) in [6.07, 6.45) is 1.14. The van der Waals surface area contributed by atoms with E-state index in [1.807, 2.05) is 0 Å². The summed E-state index contributed by atoms with van der Waals surface area (Å²) in [6.45, 7) is 0.445. The fourth-order valence-electron chi connectivity index (χ4n) is 4.69. The molecule has 0 saturated heterocycles. The third-order valence-electron chi connectivity index (χ3n) is 7.41. The monoisotopic (exact) mass is 679 g/mol. The van der Waals surface area contributed by atoms with Gasteiger partial charge in [-0.3, -0.25) is 24.2 Å². The van der Waals surface area contributed by atoms with Crippen molar-refractivity contribution < 1.29 is 24.3 Å². The highest BCUT2D eigenvalue weighted by Crippen LogP contribution is 2.17. The van der Waals surface area contributed by atoms with E-state index in [4.69, 9.17) is 17.2 Å². The van der Waals surface area contributed by atoms with Crippen molar-refractivity contribution in [3.63, 3.8) is 0 Å². The Balaban J connectivity index is 1.07. The first-order valence-electron chi connectivity index (χ1n) is 15.2. The molecule has 1 atom stereocenters. The van der Waals surface area contributed by atoms with Crippen LogP contribution in [0.2, 0.25) is 0 Å². The Labute approximate surface area is 283 Å². The predicted octanol–water partition coefficient (Wildman–Crippen LogP) is 1.60. The summed E-state index contributed by atoms with van der Waals surface area (Å²) in [5, 5.41) is 20.7. The number of carbonyl (C=O) groups excluding carboxylic acids is 3. The number of rotatable bonds is 13. The maximum atomic E-state index is 12.8. The van der Waals surface area contributed by atoms with Crippen LogP contribution in [0.15, 0.2) is 77.7 Å². The van der Waals surface area contributed by atoms with Crippen molar-refractivity contribution in [3.8, 4) is 0 Å². The van der Waals surface area contributed by atoms with Crippen LogP contribution in [0.1, 0.15) is 44.8 Å². The molecular formula is C33H33N11O6. The van der Waals surface area contributed by atoms with Gasteiger partial charge in [0.1, 0.15) is 6.04 Å². The second-order valence-corrected chi connectivity index (χ2v) is 11.1. The van der Waals surface area contributed by atoms with Gasteiger partial charge in [-0.25, -0.2) is 14.8 Å². The Morgan fingerprint density at radius 1 is 0.820 bits per heavy atom. The number of aromatic amines is 1. The number of nitrogens with two attached hydrogens (primary N) is 3. The first-order valence-corrected chi connectivity index (χ1v) is 15.2.